The fourth-order valence-corrected chi connectivity index (χ4v) is 3.49. The molecule has 0 amide bonds. The Morgan fingerprint density at radius 2 is 1.58 bits per heavy atom. The Balaban J connectivity index is 0.00000144. The number of likely N-dealkylation sites (tertiary alicyclic amines) is 1. The minimum absolute atomic E-state index is 0. The molecule has 1 N–H and O–H groups in total. The van der Waals surface area contributed by atoms with Crippen LogP contribution in [0.2, 0.25) is 0 Å². The zero-order valence-electron chi connectivity index (χ0n) is 13.7. The van der Waals surface area contributed by atoms with Gasteiger partial charge in [-0.25, -0.2) is 0 Å². The molecule has 0 bridgehead atoms. The first-order valence-electron chi connectivity index (χ1n) is 8.04. The number of halogens is 3. The van der Waals surface area contributed by atoms with Gasteiger partial charge in [0.25, 0.3) is 0 Å². The average Bonchev–Trinajstić information content (AvgIpc) is 2.55. The highest BCUT2D eigenvalue weighted by molar-refractivity contribution is 9.10. The van der Waals surface area contributed by atoms with Crippen molar-refractivity contribution in [2.24, 2.45) is 0 Å². The van der Waals surface area contributed by atoms with Crippen molar-refractivity contribution in [2.45, 2.75) is 32.0 Å². The number of hydrogen-bond acceptors (Lipinski definition) is 2. The third-order valence-corrected chi connectivity index (χ3v) is 4.81. The summed E-state index contributed by atoms with van der Waals surface area (Å²) in [6, 6.07) is 20.0. The van der Waals surface area contributed by atoms with Crippen molar-refractivity contribution in [2.75, 3.05) is 13.1 Å². The largest absolute Gasteiger partial charge is 0.310 e. The van der Waals surface area contributed by atoms with Crippen molar-refractivity contribution in [1.82, 2.24) is 10.2 Å². The highest BCUT2D eigenvalue weighted by Crippen LogP contribution is 2.15. The molecule has 132 valence electrons. The van der Waals surface area contributed by atoms with E-state index in [-0.39, 0.29) is 24.8 Å². The predicted molar refractivity (Wildman–Crippen MR) is 110 cm³/mol. The van der Waals surface area contributed by atoms with Crippen molar-refractivity contribution < 1.29 is 0 Å². The van der Waals surface area contributed by atoms with E-state index in [1.165, 1.54) is 37.1 Å². The highest BCUT2D eigenvalue weighted by Gasteiger charge is 2.18. The zero-order valence-corrected chi connectivity index (χ0v) is 16.9. The Hall–Kier alpha value is -0.580. The van der Waals surface area contributed by atoms with Crippen LogP contribution in [0.4, 0.5) is 0 Å². The number of rotatable bonds is 5. The Morgan fingerprint density at radius 1 is 0.917 bits per heavy atom. The SMILES string of the molecule is Brc1cccc(CNC2CCN(Cc3ccccc3)CC2)c1.Cl.Cl. The summed E-state index contributed by atoms with van der Waals surface area (Å²) in [4.78, 5) is 2.56. The van der Waals surface area contributed by atoms with Crippen LogP contribution in [0.3, 0.4) is 0 Å². The van der Waals surface area contributed by atoms with Crippen LogP contribution >= 0.6 is 40.7 Å². The van der Waals surface area contributed by atoms with Crippen LogP contribution in [0.5, 0.6) is 0 Å². The lowest BCUT2D eigenvalue weighted by Gasteiger charge is -2.32. The van der Waals surface area contributed by atoms with Gasteiger partial charge in [-0.3, -0.25) is 4.90 Å². The minimum atomic E-state index is 0. The van der Waals surface area contributed by atoms with Crippen LogP contribution in [0.1, 0.15) is 24.0 Å². The molecular formula is C19H25BrCl2N2. The number of nitrogens with one attached hydrogen (secondary N) is 1. The monoisotopic (exact) mass is 430 g/mol. The van der Waals surface area contributed by atoms with Crippen LogP contribution in [0, 0.1) is 0 Å². The van der Waals surface area contributed by atoms with Gasteiger partial charge in [-0.05, 0) is 49.2 Å². The summed E-state index contributed by atoms with van der Waals surface area (Å²) in [7, 11) is 0. The summed E-state index contributed by atoms with van der Waals surface area (Å²) in [5.74, 6) is 0. The van der Waals surface area contributed by atoms with Crippen molar-refractivity contribution in [3.63, 3.8) is 0 Å². The van der Waals surface area contributed by atoms with Gasteiger partial charge in [-0.2, -0.15) is 0 Å². The predicted octanol–water partition coefficient (Wildman–Crippen LogP) is 5.05. The minimum Gasteiger partial charge on any atom is -0.310 e. The lowest BCUT2D eigenvalue weighted by molar-refractivity contribution is 0.190. The first kappa shape index (κ1) is 21.5. The molecule has 0 saturated carbocycles. The van der Waals surface area contributed by atoms with E-state index in [0.29, 0.717) is 6.04 Å². The van der Waals surface area contributed by atoms with Crippen molar-refractivity contribution in [3.05, 3.63) is 70.2 Å². The molecule has 0 aromatic heterocycles. The van der Waals surface area contributed by atoms with Gasteiger partial charge in [0.1, 0.15) is 0 Å². The molecule has 2 aromatic rings. The molecule has 0 aliphatic carbocycles. The van der Waals surface area contributed by atoms with Gasteiger partial charge in [0.05, 0.1) is 0 Å². The van der Waals surface area contributed by atoms with Gasteiger partial charge in [0.15, 0.2) is 0 Å². The van der Waals surface area contributed by atoms with Gasteiger partial charge in [-0.15, -0.1) is 24.8 Å². The van der Waals surface area contributed by atoms with Crippen molar-refractivity contribution in [1.29, 1.82) is 0 Å². The average molecular weight is 432 g/mol. The lowest BCUT2D eigenvalue weighted by atomic mass is 10.0. The maximum absolute atomic E-state index is 3.70. The van der Waals surface area contributed by atoms with Crippen molar-refractivity contribution >= 4 is 40.7 Å². The summed E-state index contributed by atoms with van der Waals surface area (Å²) < 4.78 is 1.16. The van der Waals surface area contributed by atoms with Crippen LogP contribution < -0.4 is 5.32 Å². The Kier molecular flexibility index (Phi) is 9.94. The van der Waals surface area contributed by atoms with Crippen molar-refractivity contribution in [3.8, 4) is 0 Å². The second-order valence-corrected chi connectivity index (χ2v) is 6.96. The molecule has 2 aromatic carbocycles. The van der Waals surface area contributed by atoms with E-state index in [1.54, 1.807) is 0 Å². The molecule has 1 fully saturated rings. The van der Waals surface area contributed by atoms with Crippen LogP contribution in [-0.4, -0.2) is 24.0 Å². The van der Waals surface area contributed by atoms with E-state index in [2.05, 4.69) is 80.7 Å². The Labute approximate surface area is 166 Å². The molecule has 1 aliphatic rings. The number of nitrogens with zero attached hydrogens (tertiary/aromatic N) is 1. The molecule has 2 nitrogen and oxygen atoms in total. The first-order chi connectivity index (χ1) is 10.8. The standard InChI is InChI=1S/C19H23BrN2.2ClH/c20-18-8-4-7-17(13-18)14-21-19-9-11-22(12-10-19)15-16-5-2-1-3-6-16;;/h1-8,13,19,21H,9-12,14-15H2;2*1H. The number of piperidine rings is 1. The fourth-order valence-electron chi connectivity index (χ4n) is 3.05. The highest BCUT2D eigenvalue weighted by atomic mass is 79.9. The molecule has 24 heavy (non-hydrogen) atoms. The third-order valence-electron chi connectivity index (χ3n) is 4.32. The van der Waals surface area contributed by atoms with E-state index in [4.69, 9.17) is 0 Å². The summed E-state index contributed by atoms with van der Waals surface area (Å²) in [6.07, 6.45) is 2.47. The van der Waals surface area contributed by atoms with Gasteiger partial charge < -0.3 is 5.32 Å². The molecule has 0 radical (unpaired) electrons. The molecule has 0 unspecified atom stereocenters. The molecule has 5 heteroatoms. The number of hydrogen-bond donors (Lipinski definition) is 1. The normalized spacial score (nSPS) is 15.4. The maximum atomic E-state index is 3.70. The fraction of sp³-hybridized carbons (Fsp3) is 0.368. The molecule has 1 saturated heterocycles. The third kappa shape index (κ3) is 6.73. The van der Waals surface area contributed by atoms with Gasteiger partial charge in [0.2, 0.25) is 0 Å². The quantitative estimate of drug-likeness (QED) is 0.712. The Bertz CT molecular complexity index is 587. The maximum Gasteiger partial charge on any atom is 0.0233 e. The van der Waals surface area contributed by atoms with Gasteiger partial charge >= 0.3 is 0 Å². The summed E-state index contributed by atoms with van der Waals surface area (Å²) in [5, 5.41) is 3.70. The van der Waals surface area contributed by atoms with E-state index in [1.807, 2.05) is 0 Å². The van der Waals surface area contributed by atoms with Gasteiger partial charge in [-0.1, -0.05) is 58.4 Å². The molecule has 1 heterocycles. The van der Waals surface area contributed by atoms with E-state index < -0.39 is 0 Å². The van der Waals surface area contributed by atoms with E-state index >= 15 is 0 Å². The molecule has 3 rings (SSSR count). The van der Waals surface area contributed by atoms with Crippen LogP contribution in [0.15, 0.2) is 59.1 Å². The van der Waals surface area contributed by atoms with E-state index in [0.717, 1.165) is 17.6 Å². The summed E-state index contributed by atoms with van der Waals surface area (Å²) in [6.45, 7) is 4.41. The van der Waals surface area contributed by atoms with Crippen LogP contribution in [0.25, 0.3) is 0 Å². The second-order valence-electron chi connectivity index (χ2n) is 6.05. The topological polar surface area (TPSA) is 15.3 Å². The number of benzene rings is 2. The van der Waals surface area contributed by atoms with Crippen LogP contribution in [-0.2, 0) is 13.1 Å². The molecule has 0 atom stereocenters. The zero-order chi connectivity index (χ0) is 15.2. The summed E-state index contributed by atoms with van der Waals surface area (Å²) in [5.41, 5.74) is 2.77. The Morgan fingerprint density at radius 3 is 2.25 bits per heavy atom. The first-order valence-corrected chi connectivity index (χ1v) is 8.83. The smallest absolute Gasteiger partial charge is 0.0233 e. The molecule has 0 spiro atoms. The van der Waals surface area contributed by atoms with Gasteiger partial charge in [0, 0.05) is 23.6 Å². The lowest BCUT2D eigenvalue weighted by Crippen LogP contribution is -2.41. The molecule has 1 aliphatic heterocycles. The van der Waals surface area contributed by atoms with E-state index in [9.17, 15) is 0 Å². The second kappa shape index (κ2) is 11.1. The summed E-state index contributed by atoms with van der Waals surface area (Å²) >= 11 is 3.53. The molecular weight excluding hydrogens is 407 g/mol.